The molecular weight excluding hydrogens is 546 g/mol. The fraction of sp³-hybridized carbons (Fsp3) is 0.400. The first kappa shape index (κ1) is 31.7. The van der Waals surface area contributed by atoms with E-state index in [1.807, 2.05) is 13.8 Å². The Hall–Kier alpha value is -3.49. The number of rotatable bonds is 12. The number of hydrogen-bond donors (Lipinski definition) is 3. The number of fused-ring (bicyclic) bond motifs is 1. The molecule has 0 spiro atoms. The Morgan fingerprint density at radius 1 is 1.21 bits per heavy atom. The summed E-state index contributed by atoms with van der Waals surface area (Å²) >= 11 is 0. The Morgan fingerprint density at radius 2 is 1.90 bits per heavy atom. The summed E-state index contributed by atoms with van der Waals surface area (Å²) in [6.45, 7) is 6.01. The van der Waals surface area contributed by atoms with Crippen LogP contribution >= 0.6 is 0 Å². The molecule has 0 fully saturated rings. The Balaban J connectivity index is 0.00000260. The summed E-state index contributed by atoms with van der Waals surface area (Å²) in [5.74, 6) is 0.472. The van der Waals surface area contributed by atoms with E-state index in [0.29, 0.717) is 33.7 Å². The molecule has 1 aromatic heterocycles. The number of aromatic nitrogens is 2. The number of benzene rings is 2. The molecule has 0 aliphatic rings. The van der Waals surface area contributed by atoms with Crippen molar-refractivity contribution in [2.45, 2.75) is 38.1 Å². The molecular formula is C25H34N5O7S2+. The molecule has 0 saturated carbocycles. The zero-order valence-corrected chi connectivity index (χ0v) is 24.1. The Kier molecular flexibility index (Phi) is 12.4. The predicted molar refractivity (Wildman–Crippen MR) is 151 cm³/mol. The van der Waals surface area contributed by atoms with Crippen LogP contribution in [0.5, 0.6) is 5.75 Å². The smallest absolute Gasteiger partial charge is 0.341 e. The van der Waals surface area contributed by atoms with Gasteiger partial charge in [-0.1, -0.05) is 0 Å². The maximum Gasteiger partial charge on any atom is 0.341 e. The van der Waals surface area contributed by atoms with Gasteiger partial charge in [-0.3, -0.25) is 0 Å². The topological polar surface area (TPSA) is 171 Å². The first-order valence-corrected chi connectivity index (χ1v) is 15.2. The van der Waals surface area contributed by atoms with Crippen molar-refractivity contribution in [2.75, 3.05) is 37.6 Å². The van der Waals surface area contributed by atoms with Crippen LogP contribution in [0.15, 0.2) is 51.4 Å². The predicted octanol–water partition coefficient (Wildman–Crippen LogP) is 2.30. The third kappa shape index (κ3) is 9.33. The lowest BCUT2D eigenvalue weighted by molar-refractivity contribution is -0.379. The molecule has 1 heterocycles. The van der Waals surface area contributed by atoms with Gasteiger partial charge in [0.15, 0.2) is 11.0 Å². The van der Waals surface area contributed by atoms with E-state index in [0.717, 1.165) is 7.11 Å². The minimum absolute atomic E-state index is 0.123. The molecule has 2 unspecified atom stereocenters. The highest BCUT2D eigenvalue weighted by molar-refractivity contribution is 8.00. The normalized spacial score (nSPS) is 13.0. The van der Waals surface area contributed by atoms with Crippen molar-refractivity contribution in [2.24, 2.45) is 3.77 Å². The number of aliphatic hydroxyl groups excluding tert-OH is 1. The van der Waals surface area contributed by atoms with E-state index in [9.17, 15) is 18.1 Å². The maximum atomic E-state index is 12.9. The number of anilines is 1. The number of carbonyl (C=O) groups is 1. The van der Waals surface area contributed by atoms with Crippen molar-refractivity contribution in [1.82, 2.24) is 9.97 Å². The molecule has 3 rings (SSSR count). The van der Waals surface area contributed by atoms with Crippen molar-refractivity contribution >= 4 is 49.1 Å². The van der Waals surface area contributed by atoms with Crippen LogP contribution < -0.4 is 15.2 Å². The van der Waals surface area contributed by atoms with E-state index in [-0.39, 0.29) is 36.3 Å². The number of nitroso groups, excluding NO2 is 1. The molecule has 0 amide bonds. The van der Waals surface area contributed by atoms with E-state index in [2.05, 4.69) is 19.1 Å². The van der Waals surface area contributed by atoms with Crippen molar-refractivity contribution in [3.05, 3.63) is 53.2 Å². The van der Waals surface area contributed by atoms with E-state index in [4.69, 9.17) is 14.6 Å². The van der Waals surface area contributed by atoms with Gasteiger partial charge in [0.05, 0.1) is 33.4 Å². The number of carbonyl (C=O) groups excluding carboxylic acids is 1. The minimum atomic E-state index is -2.79. The molecule has 12 nitrogen and oxygen atoms in total. The number of aliphatic hydroxyl groups is 1. The third-order valence-electron chi connectivity index (χ3n) is 4.98. The molecule has 3 aromatic rings. The van der Waals surface area contributed by atoms with Gasteiger partial charge in [0.25, 0.3) is 5.69 Å². The molecule has 39 heavy (non-hydrogen) atoms. The fourth-order valence-corrected chi connectivity index (χ4v) is 6.14. The monoisotopic (exact) mass is 580 g/mol. The SMILES string of the molecule is CCOC(=O)c1cc2c(NC(C)C)ncnc2cc1OCCCS(C)(=O)=NS(=O)c1ccc([NH+]=O)cc1.CO. The first-order valence-electron chi connectivity index (χ1n) is 12.0. The molecule has 2 aromatic carbocycles. The molecule has 0 aliphatic carbocycles. The lowest BCUT2D eigenvalue weighted by Crippen LogP contribution is -2.55. The number of nitrogens with zero attached hydrogens (tertiary/aromatic N) is 3. The van der Waals surface area contributed by atoms with Gasteiger partial charge in [-0.25, -0.2) is 23.2 Å². The zero-order valence-electron chi connectivity index (χ0n) is 22.5. The second-order valence-corrected chi connectivity index (χ2v) is 12.3. The van der Waals surface area contributed by atoms with Crippen LogP contribution in [0.3, 0.4) is 0 Å². The minimum Gasteiger partial charge on any atom is -0.493 e. The van der Waals surface area contributed by atoms with E-state index >= 15 is 0 Å². The summed E-state index contributed by atoms with van der Waals surface area (Å²) < 4.78 is 40.4. The molecule has 212 valence electrons. The summed E-state index contributed by atoms with van der Waals surface area (Å²) in [5.41, 5.74) is 1.14. The number of ether oxygens (including phenoxy) is 2. The van der Waals surface area contributed by atoms with Crippen LogP contribution in [-0.4, -0.2) is 67.8 Å². The maximum absolute atomic E-state index is 12.9. The van der Waals surface area contributed by atoms with Crippen LogP contribution in [-0.2, 0) is 25.5 Å². The van der Waals surface area contributed by atoms with Gasteiger partial charge in [-0.05, 0) is 45.4 Å². The summed E-state index contributed by atoms with van der Waals surface area (Å²) in [4.78, 5) is 32.2. The van der Waals surface area contributed by atoms with Gasteiger partial charge in [0.1, 0.15) is 23.5 Å². The van der Waals surface area contributed by atoms with Crippen LogP contribution in [0.25, 0.3) is 10.9 Å². The molecule has 0 saturated heterocycles. The lowest BCUT2D eigenvalue weighted by atomic mass is 10.1. The summed E-state index contributed by atoms with van der Waals surface area (Å²) in [6, 6.07) is 9.33. The van der Waals surface area contributed by atoms with Crippen molar-refractivity contribution in [1.29, 1.82) is 0 Å². The molecule has 0 aliphatic heterocycles. The fourth-order valence-electron chi connectivity index (χ4n) is 3.33. The van der Waals surface area contributed by atoms with Gasteiger partial charge in [-0.15, -0.1) is 3.77 Å². The highest BCUT2D eigenvalue weighted by atomic mass is 32.3. The average molecular weight is 581 g/mol. The van der Waals surface area contributed by atoms with E-state index < -0.39 is 26.7 Å². The number of esters is 1. The number of nitrogens with one attached hydrogen (secondary N) is 2. The second-order valence-electron chi connectivity index (χ2n) is 8.42. The largest absolute Gasteiger partial charge is 0.493 e. The van der Waals surface area contributed by atoms with Gasteiger partial charge in [0, 0.05) is 58.8 Å². The van der Waals surface area contributed by atoms with Gasteiger partial charge >= 0.3 is 5.97 Å². The Labute approximate surface area is 230 Å². The van der Waals surface area contributed by atoms with Gasteiger partial charge in [0.2, 0.25) is 0 Å². The third-order valence-corrected chi connectivity index (χ3v) is 8.51. The molecule has 0 radical (unpaired) electrons. The quantitative estimate of drug-likeness (QED) is 0.213. The van der Waals surface area contributed by atoms with Crippen LogP contribution in [0.2, 0.25) is 0 Å². The Bertz CT molecular complexity index is 1420. The van der Waals surface area contributed by atoms with Gasteiger partial charge < -0.3 is 19.9 Å². The lowest BCUT2D eigenvalue weighted by Gasteiger charge is -2.15. The van der Waals surface area contributed by atoms with Crippen LogP contribution in [0, 0.1) is 4.91 Å². The summed E-state index contributed by atoms with van der Waals surface area (Å²) in [7, 11) is -3.63. The first-order chi connectivity index (χ1) is 18.6. The highest BCUT2D eigenvalue weighted by Gasteiger charge is 2.18. The van der Waals surface area contributed by atoms with E-state index in [1.165, 1.54) is 36.8 Å². The van der Waals surface area contributed by atoms with E-state index in [1.54, 1.807) is 24.2 Å². The zero-order chi connectivity index (χ0) is 29.0. The summed E-state index contributed by atoms with van der Waals surface area (Å²) in [5, 5.41) is 12.6. The van der Waals surface area contributed by atoms with Gasteiger partial charge in [-0.2, -0.15) is 0 Å². The van der Waals surface area contributed by atoms with Crippen molar-refractivity contribution in [3.63, 3.8) is 0 Å². The molecule has 3 N–H and O–H groups in total. The van der Waals surface area contributed by atoms with Crippen molar-refractivity contribution < 1.29 is 33.0 Å². The number of hydrogen-bond acceptors (Lipinski definition) is 10. The van der Waals surface area contributed by atoms with Crippen LogP contribution in [0.1, 0.15) is 37.6 Å². The standard InChI is InChI=1S/C24H29N5O6S2.CH4O/c1-5-34-24(30)20-13-19-21(25-15-26-23(19)27-16(2)3)14-22(20)35-11-6-12-37(4,33)29-36(32)18-9-7-17(28-31)8-10-18;1-2/h7-10,13-16H,5-6,11-12H2,1-4H3,(H,25,26,27);2H,1H3/p+1. The second kappa shape index (κ2) is 15.2. The molecule has 14 heteroatoms. The molecule has 0 bridgehead atoms. The summed E-state index contributed by atoms with van der Waals surface area (Å²) in [6.07, 6.45) is 3.19. The average Bonchev–Trinajstić information content (AvgIpc) is 2.91. The Morgan fingerprint density at radius 3 is 2.51 bits per heavy atom. The highest BCUT2D eigenvalue weighted by Crippen LogP contribution is 2.29. The molecule has 2 atom stereocenters. The van der Waals surface area contributed by atoms with Crippen LogP contribution in [0.4, 0.5) is 11.5 Å². The van der Waals surface area contributed by atoms with Crippen molar-refractivity contribution in [3.8, 4) is 5.75 Å².